The lowest BCUT2D eigenvalue weighted by Crippen LogP contribution is -2.35. The van der Waals surface area contributed by atoms with Crippen LogP contribution in [0.15, 0.2) is 72.8 Å². The van der Waals surface area contributed by atoms with Crippen molar-refractivity contribution in [2.45, 2.75) is 68.9 Å². The molecular weight excluding hydrogens is 589 g/mol. The van der Waals surface area contributed by atoms with Crippen LogP contribution in [0.4, 0.5) is 30.7 Å². The summed E-state index contributed by atoms with van der Waals surface area (Å²) in [6, 6.07) is 16.9. The summed E-state index contributed by atoms with van der Waals surface area (Å²) in [5.41, 5.74) is -1.29. The van der Waals surface area contributed by atoms with Gasteiger partial charge < -0.3 is 15.0 Å². The summed E-state index contributed by atoms with van der Waals surface area (Å²) in [5.74, 6) is -1.19. The Morgan fingerprint density at radius 1 is 0.909 bits per heavy atom. The molecule has 0 radical (unpaired) electrons. The number of benzene rings is 3. The minimum absolute atomic E-state index is 0.0340. The number of fused-ring (bicyclic) bond motifs is 3. The van der Waals surface area contributed by atoms with Crippen LogP contribution in [0.5, 0.6) is 0 Å². The van der Waals surface area contributed by atoms with E-state index in [4.69, 9.17) is 4.74 Å². The number of nitrogens with one attached hydrogen (secondary N) is 1. The van der Waals surface area contributed by atoms with E-state index in [-0.39, 0.29) is 48.0 Å². The van der Waals surface area contributed by atoms with Gasteiger partial charge in [0.25, 0.3) is 0 Å². The molecule has 0 unspecified atom stereocenters. The van der Waals surface area contributed by atoms with Gasteiger partial charge in [0, 0.05) is 37.0 Å². The van der Waals surface area contributed by atoms with Crippen molar-refractivity contribution in [2.24, 2.45) is 11.8 Å². The third kappa shape index (κ3) is 5.96. The van der Waals surface area contributed by atoms with Gasteiger partial charge in [0.2, 0.25) is 5.91 Å². The normalized spacial score (nSPS) is 27.5. The van der Waals surface area contributed by atoms with Gasteiger partial charge in [0.15, 0.2) is 0 Å². The number of ether oxygens (including phenoxy) is 1. The van der Waals surface area contributed by atoms with E-state index in [0.29, 0.717) is 37.1 Å². The van der Waals surface area contributed by atoms with Crippen molar-refractivity contribution in [2.75, 3.05) is 6.54 Å². The van der Waals surface area contributed by atoms with Crippen molar-refractivity contribution < 1.29 is 40.3 Å². The minimum Gasteiger partial charge on any atom is -0.368 e. The first-order chi connectivity index (χ1) is 20.8. The lowest BCUT2D eigenvalue weighted by molar-refractivity contribution is -0.143. The highest BCUT2D eigenvalue weighted by Gasteiger charge is 2.60. The van der Waals surface area contributed by atoms with E-state index >= 15 is 0 Å². The third-order valence-corrected chi connectivity index (χ3v) is 9.31. The highest BCUT2D eigenvalue weighted by molar-refractivity contribution is 5.83. The largest absolute Gasteiger partial charge is 0.416 e. The lowest BCUT2D eigenvalue weighted by atomic mass is 9.81. The second kappa shape index (κ2) is 11.5. The molecule has 3 aromatic rings. The van der Waals surface area contributed by atoms with E-state index in [9.17, 15) is 35.5 Å². The fourth-order valence-electron chi connectivity index (χ4n) is 7.33. The maximum Gasteiger partial charge on any atom is 0.416 e. The number of nitrogens with zero attached hydrogens (tertiary/aromatic N) is 1. The number of hydrogen-bond donors (Lipinski definition) is 1. The van der Waals surface area contributed by atoms with Gasteiger partial charge in [-0.25, -0.2) is 4.39 Å². The van der Waals surface area contributed by atoms with Gasteiger partial charge in [-0.15, -0.1) is 0 Å². The molecule has 234 valence electrons. The predicted molar refractivity (Wildman–Crippen MR) is 148 cm³/mol. The van der Waals surface area contributed by atoms with Crippen molar-refractivity contribution in [1.29, 1.82) is 0 Å². The molecule has 3 aliphatic rings. The van der Waals surface area contributed by atoms with Gasteiger partial charge >= 0.3 is 12.4 Å². The van der Waals surface area contributed by atoms with Crippen molar-refractivity contribution in [3.05, 3.63) is 106 Å². The molecule has 3 aromatic carbocycles. The third-order valence-electron chi connectivity index (χ3n) is 9.31. The van der Waals surface area contributed by atoms with Crippen molar-refractivity contribution >= 4 is 5.91 Å². The van der Waals surface area contributed by atoms with Crippen LogP contribution in [0.3, 0.4) is 0 Å². The number of carbonyl (C=O) groups is 1. The average Bonchev–Trinajstić information content (AvgIpc) is 3.63. The Kier molecular flexibility index (Phi) is 7.98. The van der Waals surface area contributed by atoms with Gasteiger partial charge in [-0.2, -0.15) is 26.3 Å². The second-order valence-corrected chi connectivity index (χ2v) is 12.0. The number of hydrogen-bond acceptors (Lipinski definition) is 3. The first-order valence-electron chi connectivity index (χ1n) is 14.6. The summed E-state index contributed by atoms with van der Waals surface area (Å²) in [6.07, 6.45) is -10.5. The molecule has 1 aliphatic carbocycles. The molecule has 2 aliphatic heterocycles. The molecule has 7 atom stereocenters. The van der Waals surface area contributed by atoms with Crippen molar-refractivity contribution in [1.82, 2.24) is 10.2 Å². The molecule has 0 spiro atoms. The second-order valence-electron chi connectivity index (χ2n) is 12.0. The van der Waals surface area contributed by atoms with Crippen LogP contribution >= 0.6 is 0 Å². The van der Waals surface area contributed by atoms with Crippen molar-refractivity contribution in [3.8, 4) is 0 Å². The number of halogens is 7. The van der Waals surface area contributed by atoms with Crippen LogP contribution in [0.25, 0.3) is 0 Å². The molecule has 11 heteroatoms. The van der Waals surface area contributed by atoms with Crippen LogP contribution in [0.1, 0.15) is 59.6 Å². The molecule has 2 saturated heterocycles. The van der Waals surface area contributed by atoms with Gasteiger partial charge in [0.1, 0.15) is 5.82 Å². The Morgan fingerprint density at radius 2 is 1.55 bits per heavy atom. The maximum absolute atomic E-state index is 13.9. The van der Waals surface area contributed by atoms with Gasteiger partial charge in [-0.3, -0.25) is 4.79 Å². The van der Waals surface area contributed by atoms with E-state index in [2.05, 4.69) is 5.32 Å². The van der Waals surface area contributed by atoms with E-state index in [1.54, 1.807) is 17.0 Å². The first-order valence-corrected chi connectivity index (χ1v) is 14.6. The molecule has 1 N–H and O–H groups in total. The first kappa shape index (κ1) is 30.6. The molecule has 1 amide bonds. The van der Waals surface area contributed by atoms with E-state index in [1.807, 2.05) is 30.3 Å². The Hall–Kier alpha value is -3.44. The molecule has 0 aromatic heterocycles. The summed E-state index contributed by atoms with van der Waals surface area (Å²) in [7, 11) is 0. The highest BCUT2D eigenvalue weighted by Crippen LogP contribution is 2.53. The van der Waals surface area contributed by atoms with Crippen LogP contribution in [-0.2, 0) is 28.4 Å². The van der Waals surface area contributed by atoms with Gasteiger partial charge in [-0.1, -0.05) is 42.5 Å². The zero-order chi connectivity index (χ0) is 31.4. The minimum atomic E-state index is -4.99. The summed E-state index contributed by atoms with van der Waals surface area (Å²) < 4.78 is 101. The monoisotopic (exact) mass is 620 g/mol. The topological polar surface area (TPSA) is 41.6 Å². The van der Waals surface area contributed by atoms with E-state index in [1.165, 1.54) is 19.1 Å². The predicted octanol–water partition coefficient (Wildman–Crippen LogP) is 7.50. The van der Waals surface area contributed by atoms with Crippen molar-refractivity contribution in [3.63, 3.8) is 0 Å². The molecule has 44 heavy (non-hydrogen) atoms. The maximum atomic E-state index is 13.9. The average molecular weight is 621 g/mol. The highest BCUT2D eigenvalue weighted by atomic mass is 19.4. The van der Waals surface area contributed by atoms with Crippen LogP contribution < -0.4 is 5.32 Å². The number of amides is 1. The molecule has 2 heterocycles. The fraction of sp³-hybridized carbons (Fsp3) is 0.424. The molecule has 1 saturated carbocycles. The Bertz CT molecular complexity index is 1460. The summed E-state index contributed by atoms with van der Waals surface area (Å²) in [6.45, 7) is 2.19. The molecule has 3 fully saturated rings. The number of alkyl halides is 6. The molecular formula is C33H31F7N2O2. The van der Waals surface area contributed by atoms with E-state index in [0.717, 1.165) is 5.56 Å². The van der Waals surface area contributed by atoms with E-state index < -0.39 is 47.4 Å². The SMILES string of the molecule is C[C@@H](O[C@H]1CN2C(=O)[C@@H]3C[C@H](NCc4ccccc4)C[C@@H]3[C@H]2[C@@H]1c1ccc(F)cc1)c1cc(C(F)(F)F)cc(C(F)(F)F)c1. The summed E-state index contributed by atoms with van der Waals surface area (Å²) in [4.78, 5) is 15.4. The molecule has 0 bridgehead atoms. The molecule has 4 nitrogen and oxygen atoms in total. The Balaban J connectivity index is 1.27. The van der Waals surface area contributed by atoms with Crippen LogP contribution in [0.2, 0.25) is 0 Å². The van der Waals surface area contributed by atoms with Crippen LogP contribution in [-0.4, -0.2) is 35.5 Å². The summed E-state index contributed by atoms with van der Waals surface area (Å²) in [5, 5.41) is 3.55. The Morgan fingerprint density at radius 3 is 2.16 bits per heavy atom. The quantitative estimate of drug-likeness (QED) is 0.278. The zero-order valence-electron chi connectivity index (χ0n) is 23.7. The smallest absolute Gasteiger partial charge is 0.368 e. The number of rotatable bonds is 7. The standard InChI is InChI=1S/C33H31F7N2O2/c1-18(21-11-22(32(35,36)37)13-23(12-21)33(38,39)40)44-28-17-42-30(29(28)20-7-9-24(34)10-8-20)26-14-25(15-27(26)31(42)43)41-16-19-5-3-2-4-6-19/h2-13,18,25-30,41H,14-17H2,1H3/t18-,25-,26+,27-,28+,29-,30+/m1/s1. The Labute approximate surface area is 250 Å². The molecule has 6 rings (SSSR count). The fourth-order valence-corrected chi connectivity index (χ4v) is 7.33. The summed E-state index contributed by atoms with van der Waals surface area (Å²) >= 11 is 0. The zero-order valence-corrected chi connectivity index (χ0v) is 23.7. The van der Waals surface area contributed by atoms with Gasteiger partial charge in [-0.05, 0) is 72.7 Å². The lowest BCUT2D eigenvalue weighted by Gasteiger charge is -2.30. The van der Waals surface area contributed by atoms with Gasteiger partial charge in [0.05, 0.1) is 23.3 Å². The number of carbonyl (C=O) groups excluding carboxylic acids is 1. The van der Waals surface area contributed by atoms with Crippen LogP contribution in [0, 0.1) is 17.7 Å².